The summed E-state index contributed by atoms with van der Waals surface area (Å²) in [7, 11) is 0. The highest BCUT2D eigenvalue weighted by molar-refractivity contribution is 5.59. The molecule has 2 aromatic heterocycles. The number of nitrogens with zero attached hydrogens (tertiary/aromatic N) is 4. The molecule has 0 atom stereocenters. The Balaban J connectivity index is 2.14. The summed E-state index contributed by atoms with van der Waals surface area (Å²) in [4.78, 5) is 8.50. The smallest absolute Gasteiger partial charge is 0.116 e. The number of rotatable bonds is 2. The average Bonchev–Trinajstić information content (AvgIpc) is 2.78. The zero-order valence-electron chi connectivity index (χ0n) is 10.1. The van der Waals surface area contributed by atoms with Crippen molar-refractivity contribution < 1.29 is 0 Å². The third kappa shape index (κ3) is 1.73. The molecule has 0 amide bonds. The first kappa shape index (κ1) is 10.4. The van der Waals surface area contributed by atoms with Crippen molar-refractivity contribution in [3.05, 3.63) is 29.8 Å². The quantitative estimate of drug-likeness (QED) is 0.791. The molecule has 0 N–H and O–H groups in total. The summed E-state index contributed by atoms with van der Waals surface area (Å²) >= 11 is 0. The topological polar surface area (TPSA) is 43.6 Å². The predicted octanol–water partition coefficient (Wildman–Crippen LogP) is 2.24. The van der Waals surface area contributed by atoms with Gasteiger partial charge in [0.25, 0.3) is 0 Å². The maximum absolute atomic E-state index is 4.69. The van der Waals surface area contributed by atoms with Gasteiger partial charge in [-0.25, -0.2) is 0 Å². The van der Waals surface area contributed by atoms with Gasteiger partial charge in [-0.15, -0.1) is 0 Å². The standard InChI is InChI=1S/C13H16N4/c1-2-17-12-6-4-3-5-10(12)13(16-17)11-9-14-7-8-15-11/h7-9H,2-6H2,1H3. The molecular formula is C13H16N4. The molecule has 0 bridgehead atoms. The maximum Gasteiger partial charge on any atom is 0.116 e. The van der Waals surface area contributed by atoms with Gasteiger partial charge in [0.2, 0.25) is 0 Å². The number of hydrogen-bond donors (Lipinski definition) is 0. The van der Waals surface area contributed by atoms with E-state index >= 15 is 0 Å². The van der Waals surface area contributed by atoms with E-state index in [1.54, 1.807) is 18.6 Å². The second-order valence-electron chi connectivity index (χ2n) is 4.39. The number of hydrogen-bond acceptors (Lipinski definition) is 3. The lowest BCUT2D eigenvalue weighted by molar-refractivity contribution is 0.582. The highest BCUT2D eigenvalue weighted by Crippen LogP contribution is 2.29. The lowest BCUT2D eigenvalue weighted by Crippen LogP contribution is -2.07. The Morgan fingerprint density at radius 2 is 2.12 bits per heavy atom. The van der Waals surface area contributed by atoms with Crippen LogP contribution in [0.4, 0.5) is 0 Å². The van der Waals surface area contributed by atoms with E-state index in [1.165, 1.54) is 24.1 Å². The molecule has 2 aromatic rings. The van der Waals surface area contributed by atoms with Crippen LogP contribution in [0.2, 0.25) is 0 Å². The lowest BCUT2D eigenvalue weighted by Gasteiger charge is -2.13. The Morgan fingerprint density at radius 1 is 1.24 bits per heavy atom. The van der Waals surface area contributed by atoms with E-state index in [1.807, 2.05) is 0 Å². The first-order valence-electron chi connectivity index (χ1n) is 6.25. The minimum absolute atomic E-state index is 0.901. The lowest BCUT2D eigenvalue weighted by atomic mass is 9.95. The van der Waals surface area contributed by atoms with Crippen molar-refractivity contribution in [2.24, 2.45) is 0 Å². The number of aryl methyl sites for hydroxylation is 1. The molecule has 4 heteroatoms. The SMILES string of the molecule is CCn1nc(-c2cnccn2)c2c1CCCC2. The molecule has 0 fully saturated rings. The molecule has 17 heavy (non-hydrogen) atoms. The van der Waals surface area contributed by atoms with Crippen LogP contribution in [0.25, 0.3) is 11.4 Å². The summed E-state index contributed by atoms with van der Waals surface area (Å²) in [5.41, 5.74) is 4.73. The van der Waals surface area contributed by atoms with Gasteiger partial charge in [-0.1, -0.05) is 0 Å². The largest absolute Gasteiger partial charge is 0.269 e. The van der Waals surface area contributed by atoms with Gasteiger partial charge < -0.3 is 0 Å². The summed E-state index contributed by atoms with van der Waals surface area (Å²) in [5.74, 6) is 0. The van der Waals surface area contributed by atoms with Gasteiger partial charge in [0.05, 0.1) is 6.20 Å². The van der Waals surface area contributed by atoms with Gasteiger partial charge in [-0.2, -0.15) is 5.10 Å². The van der Waals surface area contributed by atoms with Crippen LogP contribution in [0.1, 0.15) is 31.0 Å². The predicted molar refractivity (Wildman–Crippen MR) is 65.6 cm³/mol. The molecule has 88 valence electrons. The minimum atomic E-state index is 0.901. The van der Waals surface area contributed by atoms with Crippen LogP contribution in [0.15, 0.2) is 18.6 Å². The van der Waals surface area contributed by atoms with Crippen molar-refractivity contribution in [2.45, 2.75) is 39.2 Å². The van der Waals surface area contributed by atoms with Crippen LogP contribution in [0.3, 0.4) is 0 Å². The zero-order valence-corrected chi connectivity index (χ0v) is 10.1. The van der Waals surface area contributed by atoms with Crippen LogP contribution in [0, 0.1) is 0 Å². The highest BCUT2D eigenvalue weighted by Gasteiger charge is 2.21. The maximum atomic E-state index is 4.69. The molecule has 1 aliphatic carbocycles. The van der Waals surface area contributed by atoms with E-state index < -0.39 is 0 Å². The van der Waals surface area contributed by atoms with Crippen LogP contribution >= 0.6 is 0 Å². The summed E-state index contributed by atoms with van der Waals surface area (Å²) in [5, 5.41) is 4.69. The van der Waals surface area contributed by atoms with Crippen LogP contribution in [-0.4, -0.2) is 19.7 Å². The van der Waals surface area contributed by atoms with Crippen LogP contribution in [-0.2, 0) is 19.4 Å². The summed E-state index contributed by atoms with van der Waals surface area (Å²) in [6, 6.07) is 0. The molecule has 3 rings (SSSR count). The number of fused-ring (bicyclic) bond motifs is 1. The molecular weight excluding hydrogens is 212 g/mol. The molecule has 0 saturated carbocycles. The van der Waals surface area contributed by atoms with Gasteiger partial charge in [0.1, 0.15) is 11.4 Å². The van der Waals surface area contributed by atoms with Crippen LogP contribution in [0.5, 0.6) is 0 Å². The van der Waals surface area contributed by atoms with E-state index in [0.717, 1.165) is 30.8 Å². The zero-order chi connectivity index (χ0) is 11.7. The molecule has 0 aromatic carbocycles. The Hall–Kier alpha value is -1.71. The van der Waals surface area contributed by atoms with Gasteiger partial charge in [-0.05, 0) is 32.6 Å². The van der Waals surface area contributed by atoms with Crippen molar-refractivity contribution >= 4 is 0 Å². The third-order valence-corrected chi connectivity index (χ3v) is 3.36. The average molecular weight is 228 g/mol. The van der Waals surface area contributed by atoms with E-state index in [0.29, 0.717) is 0 Å². The molecule has 1 aliphatic rings. The Bertz CT molecular complexity index is 516. The van der Waals surface area contributed by atoms with Crippen molar-refractivity contribution in [3.8, 4) is 11.4 Å². The van der Waals surface area contributed by atoms with Crippen molar-refractivity contribution in [3.63, 3.8) is 0 Å². The minimum Gasteiger partial charge on any atom is -0.269 e. The van der Waals surface area contributed by atoms with Gasteiger partial charge >= 0.3 is 0 Å². The first-order chi connectivity index (χ1) is 8.40. The monoisotopic (exact) mass is 228 g/mol. The molecule has 0 saturated heterocycles. The molecule has 2 heterocycles. The van der Waals surface area contributed by atoms with E-state index in [-0.39, 0.29) is 0 Å². The Labute approximate surface area is 101 Å². The molecule has 4 nitrogen and oxygen atoms in total. The second kappa shape index (κ2) is 4.28. The summed E-state index contributed by atoms with van der Waals surface area (Å²) in [6.45, 7) is 3.07. The second-order valence-corrected chi connectivity index (χ2v) is 4.39. The number of aromatic nitrogens is 4. The normalized spacial score (nSPS) is 14.6. The molecule has 0 unspecified atom stereocenters. The fourth-order valence-corrected chi connectivity index (χ4v) is 2.56. The van der Waals surface area contributed by atoms with Crippen molar-refractivity contribution in [1.82, 2.24) is 19.7 Å². The Kier molecular flexibility index (Phi) is 2.63. The van der Waals surface area contributed by atoms with Gasteiger partial charge in [0.15, 0.2) is 0 Å². The molecule has 0 spiro atoms. The Morgan fingerprint density at radius 3 is 2.88 bits per heavy atom. The third-order valence-electron chi connectivity index (χ3n) is 3.36. The van der Waals surface area contributed by atoms with E-state index in [2.05, 4.69) is 21.6 Å². The first-order valence-corrected chi connectivity index (χ1v) is 6.25. The van der Waals surface area contributed by atoms with E-state index in [4.69, 9.17) is 5.10 Å². The van der Waals surface area contributed by atoms with E-state index in [9.17, 15) is 0 Å². The summed E-state index contributed by atoms with van der Waals surface area (Å²) in [6.07, 6.45) is 10.0. The van der Waals surface area contributed by atoms with Gasteiger partial charge in [-0.3, -0.25) is 14.6 Å². The van der Waals surface area contributed by atoms with Gasteiger partial charge in [0, 0.05) is 30.2 Å². The molecule has 0 radical (unpaired) electrons. The fourth-order valence-electron chi connectivity index (χ4n) is 2.56. The highest BCUT2D eigenvalue weighted by atomic mass is 15.3. The summed E-state index contributed by atoms with van der Waals surface area (Å²) < 4.78 is 2.12. The fraction of sp³-hybridized carbons (Fsp3) is 0.462. The van der Waals surface area contributed by atoms with Crippen molar-refractivity contribution in [2.75, 3.05) is 0 Å². The van der Waals surface area contributed by atoms with Crippen molar-refractivity contribution in [1.29, 1.82) is 0 Å². The van der Waals surface area contributed by atoms with Crippen LogP contribution < -0.4 is 0 Å². The molecule has 0 aliphatic heterocycles.